The molecule has 0 saturated heterocycles. The van der Waals surface area contributed by atoms with E-state index in [1.54, 1.807) is 0 Å². The number of aliphatic hydroxyl groups excluding tert-OH is 1. The second-order valence-corrected chi connectivity index (χ2v) is 7.65. The van der Waals surface area contributed by atoms with Gasteiger partial charge in [0, 0.05) is 12.2 Å². The molecule has 0 spiro atoms. The van der Waals surface area contributed by atoms with Crippen LogP contribution in [0.3, 0.4) is 0 Å². The van der Waals surface area contributed by atoms with Crippen molar-refractivity contribution in [3.63, 3.8) is 0 Å². The Kier molecular flexibility index (Phi) is 13.9. The van der Waals surface area contributed by atoms with Crippen LogP contribution in [0.25, 0.3) is 0 Å². The number of rotatable bonds is 16. The van der Waals surface area contributed by atoms with Crippen LogP contribution in [-0.2, 0) is 33.6 Å². The van der Waals surface area contributed by atoms with Gasteiger partial charge in [0.2, 0.25) is 23.6 Å². The Hall–Kier alpha value is -3.44. The van der Waals surface area contributed by atoms with Crippen molar-refractivity contribution in [1.29, 1.82) is 0 Å². The number of hydrogen-bond donors (Lipinski definition) is 10. The van der Waals surface area contributed by atoms with Gasteiger partial charge in [-0.1, -0.05) is 0 Å². The SMILES string of the molecule is C[C@@H](O)[C@H](NC(=O)[C@H](CCC(=O)O)NC(=O)CNC(=O)[C@@H](N)CC(=O)O)C(=O)N[C@@H](CS)C(=O)O. The Balaban J connectivity index is 5.30. The number of thiol groups is 1. The summed E-state index contributed by atoms with van der Waals surface area (Å²) in [5, 5.41) is 44.8. The molecule has 0 aliphatic heterocycles. The highest BCUT2D eigenvalue weighted by Crippen LogP contribution is 2.03. The summed E-state index contributed by atoms with van der Waals surface area (Å²) >= 11 is 3.78. The summed E-state index contributed by atoms with van der Waals surface area (Å²) in [5.74, 6) is -8.44. The molecular weight excluding hydrogens is 494 g/mol. The van der Waals surface area contributed by atoms with Gasteiger partial charge in [0.15, 0.2) is 0 Å². The summed E-state index contributed by atoms with van der Waals surface area (Å²) in [7, 11) is 0. The van der Waals surface area contributed by atoms with E-state index in [4.69, 9.17) is 21.1 Å². The summed E-state index contributed by atoms with van der Waals surface area (Å²) in [5.41, 5.74) is 5.35. The average molecular weight is 524 g/mol. The van der Waals surface area contributed by atoms with Gasteiger partial charge in [-0.2, -0.15) is 12.6 Å². The third-order valence-corrected chi connectivity index (χ3v) is 4.68. The summed E-state index contributed by atoms with van der Waals surface area (Å²) in [4.78, 5) is 81.5. The van der Waals surface area contributed by atoms with Gasteiger partial charge in [0.05, 0.1) is 25.1 Å². The third-order valence-electron chi connectivity index (χ3n) is 4.31. The highest BCUT2D eigenvalue weighted by atomic mass is 32.1. The minimum absolute atomic E-state index is 0.291. The van der Waals surface area contributed by atoms with Crippen molar-refractivity contribution in [2.45, 2.75) is 56.5 Å². The van der Waals surface area contributed by atoms with Crippen molar-refractivity contribution < 1.29 is 54.0 Å². The van der Waals surface area contributed by atoms with Crippen molar-refractivity contribution in [2.75, 3.05) is 12.3 Å². The fourth-order valence-corrected chi connectivity index (χ4v) is 2.71. The van der Waals surface area contributed by atoms with Crippen LogP contribution in [0.4, 0.5) is 0 Å². The van der Waals surface area contributed by atoms with Crippen LogP contribution in [0.2, 0.25) is 0 Å². The van der Waals surface area contributed by atoms with E-state index in [2.05, 4.69) is 33.9 Å². The topological polar surface area (TPSA) is 275 Å². The summed E-state index contributed by atoms with van der Waals surface area (Å²) in [6.07, 6.45) is -3.24. The highest BCUT2D eigenvalue weighted by molar-refractivity contribution is 7.80. The van der Waals surface area contributed by atoms with E-state index < -0.39 is 97.6 Å². The number of nitrogens with two attached hydrogens (primary N) is 1. The first kappa shape index (κ1) is 31.6. The van der Waals surface area contributed by atoms with Crippen molar-refractivity contribution in [3.05, 3.63) is 0 Å². The molecule has 0 saturated carbocycles. The fourth-order valence-electron chi connectivity index (χ4n) is 2.47. The number of amides is 4. The normalized spacial score (nSPS) is 14.9. The average Bonchev–Trinajstić information content (AvgIpc) is 2.75. The Labute approximate surface area is 204 Å². The lowest BCUT2D eigenvalue weighted by Gasteiger charge is -2.25. The molecular formula is C18H29N5O11S. The molecule has 16 nitrogen and oxygen atoms in total. The second-order valence-electron chi connectivity index (χ2n) is 7.28. The third kappa shape index (κ3) is 12.6. The van der Waals surface area contributed by atoms with Crippen molar-refractivity contribution in [2.24, 2.45) is 5.73 Å². The number of aliphatic carboxylic acids is 3. The number of nitrogens with one attached hydrogen (secondary N) is 4. The molecule has 0 aliphatic carbocycles. The summed E-state index contributed by atoms with van der Waals surface area (Å²) < 4.78 is 0. The zero-order valence-electron chi connectivity index (χ0n) is 18.6. The molecule has 0 rings (SSSR count). The molecule has 0 fully saturated rings. The fraction of sp³-hybridized carbons (Fsp3) is 0.611. The van der Waals surface area contributed by atoms with E-state index in [1.165, 1.54) is 0 Å². The molecule has 10 N–H and O–H groups in total. The molecule has 0 aliphatic rings. The van der Waals surface area contributed by atoms with Crippen LogP contribution in [-0.4, -0.2) is 105 Å². The number of carbonyl (C=O) groups excluding carboxylic acids is 4. The molecule has 5 atom stereocenters. The lowest BCUT2D eigenvalue weighted by molar-refractivity contribution is -0.142. The summed E-state index contributed by atoms with van der Waals surface area (Å²) in [6.45, 7) is 0.396. The largest absolute Gasteiger partial charge is 0.481 e. The minimum atomic E-state index is -1.66. The first-order valence-electron chi connectivity index (χ1n) is 10.1. The molecule has 0 heterocycles. The van der Waals surface area contributed by atoms with E-state index in [-0.39, 0.29) is 5.75 Å². The standard InChI is InChI=1S/C18H29N5O11S/c1-7(24)14(17(32)22-10(6-35)18(33)34)23-16(31)9(2-3-12(26)27)21-11(25)5-20-15(30)8(19)4-13(28)29/h7-10,14,24,35H,2-6,19H2,1H3,(H,20,30)(H,21,25)(H,22,32)(H,23,31)(H,26,27)(H,28,29)(H,33,34)/t7-,8+,9+,10+,14+/m1/s1. The monoisotopic (exact) mass is 523 g/mol. The molecule has 0 aromatic carbocycles. The zero-order chi connectivity index (χ0) is 27.3. The number of hydrogen-bond acceptors (Lipinski definition) is 10. The van der Waals surface area contributed by atoms with E-state index in [9.17, 15) is 38.7 Å². The first-order valence-corrected chi connectivity index (χ1v) is 10.7. The predicted molar refractivity (Wildman–Crippen MR) is 119 cm³/mol. The lowest BCUT2D eigenvalue weighted by Crippen LogP contribution is -2.59. The van der Waals surface area contributed by atoms with Gasteiger partial charge in [0.1, 0.15) is 18.1 Å². The van der Waals surface area contributed by atoms with Crippen molar-refractivity contribution in [3.8, 4) is 0 Å². The van der Waals surface area contributed by atoms with Crippen LogP contribution in [0.15, 0.2) is 0 Å². The van der Waals surface area contributed by atoms with E-state index in [0.717, 1.165) is 6.92 Å². The predicted octanol–water partition coefficient (Wildman–Crippen LogP) is -4.38. The lowest BCUT2D eigenvalue weighted by atomic mass is 10.1. The van der Waals surface area contributed by atoms with Gasteiger partial charge < -0.3 is 47.4 Å². The van der Waals surface area contributed by atoms with Crippen molar-refractivity contribution >= 4 is 54.2 Å². The number of carboxylic acid groups (broad SMARTS) is 3. The van der Waals surface area contributed by atoms with E-state index in [0.29, 0.717) is 0 Å². The molecule has 35 heavy (non-hydrogen) atoms. The molecule has 4 amide bonds. The highest BCUT2D eigenvalue weighted by Gasteiger charge is 2.32. The van der Waals surface area contributed by atoms with Gasteiger partial charge in [-0.3, -0.25) is 28.8 Å². The molecule has 198 valence electrons. The van der Waals surface area contributed by atoms with Crippen LogP contribution in [0.1, 0.15) is 26.2 Å². The van der Waals surface area contributed by atoms with Gasteiger partial charge >= 0.3 is 17.9 Å². The molecule has 17 heteroatoms. The Morgan fingerprint density at radius 1 is 0.857 bits per heavy atom. The Morgan fingerprint density at radius 3 is 1.91 bits per heavy atom. The number of carbonyl (C=O) groups is 7. The zero-order valence-corrected chi connectivity index (χ0v) is 19.5. The Morgan fingerprint density at radius 2 is 1.46 bits per heavy atom. The van der Waals surface area contributed by atoms with E-state index >= 15 is 0 Å². The van der Waals surface area contributed by atoms with Crippen LogP contribution >= 0.6 is 12.6 Å². The molecule has 0 aromatic rings. The molecule has 0 bridgehead atoms. The van der Waals surface area contributed by atoms with Crippen LogP contribution in [0.5, 0.6) is 0 Å². The maximum absolute atomic E-state index is 12.7. The van der Waals surface area contributed by atoms with Crippen molar-refractivity contribution in [1.82, 2.24) is 21.3 Å². The molecule has 0 unspecified atom stereocenters. The number of aliphatic hydroxyl groups is 1. The van der Waals surface area contributed by atoms with Crippen LogP contribution in [0, 0.1) is 0 Å². The smallest absolute Gasteiger partial charge is 0.327 e. The van der Waals surface area contributed by atoms with Crippen LogP contribution < -0.4 is 27.0 Å². The first-order chi connectivity index (χ1) is 16.2. The maximum atomic E-state index is 12.7. The summed E-state index contributed by atoms with van der Waals surface area (Å²) in [6, 6.07) is -6.06. The number of carboxylic acids is 3. The maximum Gasteiger partial charge on any atom is 0.327 e. The van der Waals surface area contributed by atoms with Gasteiger partial charge in [-0.25, -0.2) is 4.79 Å². The quantitative estimate of drug-likeness (QED) is 0.0859. The van der Waals surface area contributed by atoms with Gasteiger partial charge in [0.25, 0.3) is 0 Å². The molecule has 0 radical (unpaired) electrons. The molecule has 0 aromatic heterocycles. The van der Waals surface area contributed by atoms with Gasteiger partial charge in [-0.15, -0.1) is 0 Å². The second kappa shape index (κ2) is 15.5. The Bertz CT molecular complexity index is 823. The minimum Gasteiger partial charge on any atom is -0.481 e. The van der Waals surface area contributed by atoms with Gasteiger partial charge in [-0.05, 0) is 13.3 Å². The van der Waals surface area contributed by atoms with E-state index in [1.807, 2.05) is 0 Å².